The Bertz CT molecular complexity index is 1140. The number of benzene rings is 1. The van der Waals surface area contributed by atoms with Crippen LogP contribution in [0.4, 0.5) is 10.7 Å². The van der Waals surface area contributed by atoms with Gasteiger partial charge in [-0.1, -0.05) is 32.4 Å². The highest BCUT2D eigenvalue weighted by Crippen LogP contribution is 2.44. The summed E-state index contributed by atoms with van der Waals surface area (Å²) in [5.41, 5.74) is 2.02. The minimum Gasteiger partial charge on any atom is -0.482 e. The number of esters is 1. The summed E-state index contributed by atoms with van der Waals surface area (Å²) in [6.07, 6.45) is 2.61. The van der Waals surface area contributed by atoms with E-state index in [9.17, 15) is 14.4 Å². The SMILES string of the molecule is CCOC(=O)c1c(NC(=O)CN2C(=O)COc3ccc(Cl)cc32)sc2c1CC[C@H](C(C)(C)C)C2. The number of fused-ring (bicyclic) bond motifs is 2. The number of rotatable bonds is 5. The molecule has 0 unspecified atom stereocenters. The fourth-order valence-corrected chi connectivity index (χ4v) is 5.99. The first kappa shape index (κ1) is 24.5. The number of amides is 2. The molecule has 182 valence electrons. The molecule has 1 aromatic carbocycles. The number of hydrogen-bond donors (Lipinski definition) is 1. The zero-order valence-electron chi connectivity index (χ0n) is 19.8. The summed E-state index contributed by atoms with van der Waals surface area (Å²) in [5, 5.41) is 3.80. The van der Waals surface area contributed by atoms with Crippen molar-refractivity contribution in [2.75, 3.05) is 30.0 Å². The Morgan fingerprint density at radius 2 is 2.09 bits per heavy atom. The molecule has 2 amide bonds. The first-order chi connectivity index (χ1) is 16.1. The van der Waals surface area contributed by atoms with E-state index in [0.717, 1.165) is 29.7 Å². The third kappa shape index (κ3) is 4.93. The first-order valence-corrected chi connectivity index (χ1v) is 12.6. The summed E-state index contributed by atoms with van der Waals surface area (Å²) in [6.45, 7) is 8.33. The van der Waals surface area contributed by atoms with Crippen molar-refractivity contribution in [1.82, 2.24) is 0 Å². The van der Waals surface area contributed by atoms with E-state index in [-0.39, 0.29) is 31.1 Å². The van der Waals surface area contributed by atoms with Crippen molar-refractivity contribution in [3.8, 4) is 5.75 Å². The summed E-state index contributed by atoms with van der Waals surface area (Å²) in [7, 11) is 0. The Labute approximate surface area is 208 Å². The lowest BCUT2D eigenvalue weighted by Crippen LogP contribution is -2.43. The molecule has 0 saturated carbocycles. The molecule has 2 aliphatic rings. The van der Waals surface area contributed by atoms with Crippen LogP contribution in [0, 0.1) is 11.3 Å². The van der Waals surface area contributed by atoms with Crippen LogP contribution >= 0.6 is 22.9 Å². The average molecular weight is 505 g/mol. The second-order valence-electron chi connectivity index (χ2n) is 9.66. The van der Waals surface area contributed by atoms with Crippen molar-refractivity contribution in [3.05, 3.63) is 39.2 Å². The zero-order valence-corrected chi connectivity index (χ0v) is 21.4. The maximum absolute atomic E-state index is 13.1. The lowest BCUT2D eigenvalue weighted by Gasteiger charge is -2.33. The van der Waals surface area contributed by atoms with Crippen LogP contribution in [-0.2, 0) is 27.2 Å². The predicted octanol–water partition coefficient (Wildman–Crippen LogP) is 5.09. The summed E-state index contributed by atoms with van der Waals surface area (Å²) in [6, 6.07) is 4.94. The number of ether oxygens (including phenoxy) is 2. The molecule has 4 rings (SSSR count). The van der Waals surface area contributed by atoms with Gasteiger partial charge in [-0.3, -0.25) is 14.5 Å². The molecule has 0 fully saturated rings. The van der Waals surface area contributed by atoms with Gasteiger partial charge in [0.05, 0.1) is 17.9 Å². The van der Waals surface area contributed by atoms with E-state index in [1.165, 1.54) is 16.2 Å². The lowest BCUT2D eigenvalue weighted by molar-refractivity contribution is -0.123. The number of anilines is 2. The summed E-state index contributed by atoms with van der Waals surface area (Å²) in [4.78, 5) is 40.9. The summed E-state index contributed by atoms with van der Waals surface area (Å²) >= 11 is 7.53. The Morgan fingerprint density at radius 1 is 1.32 bits per heavy atom. The van der Waals surface area contributed by atoms with Crippen LogP contribution in [0.1, 0.15) is 54.9 Å². The molecule has 7 nitrogen and oxygen atoms in total. The molecule has 0 radical (unpaired) electrons. The standard InChI is InChI=1S/C25H29ClN2O5S/c1-5-32-24(31)22-16-8-6-14(25(2,3)4)10-19(16)34-23(22)27-20(29)12-28-17-11-15(26)7-9-18(17)33-13-21(28)30/h7,9,11,14H,5-6,8,10,12-13H2,1-4H3,(H,27,29)/t14-/m0/s1. The molecular formula is C25H29ClN2O5S. The van der Waals surface area contributed by atoms with Crippen molar-refractivity contribution >= 4 is 51.4 Å². The van der Waals surface area contributed by atoms with Crippen LogP contribution in [0.3, 0.4) is 0 Å². The second-order valence-corrected chi connectivity index (χ2v) is 11.2. The minimum atomic E-state index is -0.427. The van der Waals surface area contributed by atoms with E-state index in [1.54, 1.807) is 25.1 Å². The average Bonchev–Trinajstić information content (AvgIpc) is 3.12. The molecule has 1 aromatic heterocycles. The van der Waals surface area contributed by atoms with Gasteiger partial charge in [-0.2, -0.15) is 0 Å². The Balaban J connectivity index is 1.60. The zero-order chi connectivity index (χ0) is 24.6. The van der Waals surface area contributed by atoms with E-state index in [2.05, 4.69) is 26.1 Å². The van der Waals surface area contributed by atoms with E-state index in [4.69, 9.17) is 21.1 Å². The quantitative estimate of drug-likeness (QED) is 0.573. The van der Waals surface area contributed by atoms with Crippen LogP contribution < -0.4 is 15.0 Å². The van der Waals surface area contributed by atoms with Crippen molar-refractivity contribution in [1.29, 1.82) is 0 Å². The fraction of sp³-hybridized carbons (Fsp3) is 0.480. The van der Waals surface area contributed by atoms with Gasteiger partial charge in [-0.25, -0.2) is 4.79 Å². The molecule has 1 atom stereocenters. The number of hydrogen-bond acceptors (Lipinski definition) is 6. The van der Waals surface area contributed by atoms with Crippen LogP contribution in [-0.4, -0.2) is 37.5 Å². The van der Waals surface area contributed by atoms with Gasteiger partial charge in [0, 0.05) is 9.90 Å². The molecule has 2 heterocycles. The maximum Gasteiger partial charge on any atom is 0.341 e. The second kappa shape index (κ2) is 9.58. The van der Waals surface area contributed by atoms with Gasteiger partial charge < -0.3 is 14.8 Å². The number of halogens is 1. The third-order valence-electron chi connectivity index (χ3n) is 6.39. The molecule has 1 aliphatic carbocycles. The molecular weight excluding hydrogens is 476 g/mol. The van der Waals surface area contributed by atoms with Gasteiger partial charge in [0.1, 0.15) is 17.3 Å². The molecule has 0 bridgehead atoms. The number of thiophene rings is 1. The molecule has 1 aliphatic heterocycles. The van der Waals surface area contributed by atoms with Crippen molar-refractivity contribution in [2.24, 2.45) is 11.3 Å². The maximum atomic E-state index is 13.1. The van der Waals surface area contributed by atoms with Gasteiger partial charge in [-0.15, -0.1) is 11.3 Å². The third-order valence-corrected chi connectivity index (χ3v) is 7.79. The Morgan fingerprint density at radius 3 is 2.79 bits per heavy atom. The van der Waals surface area contributed by atoms with Crippen molar-refractivity contribution in [2.45, 2.75) is 47.0 Å². The predicted molar refractivity (Wildman–Crippen MR) is 133 cm³/mol. The van der Waals surface area contributed by atoms with Crippen LogP contribution in [0.15, 0.2) is 18.2 Å². The van der Waals surface area contributed by atoms with E-state index >= 15 is 0 Å². The van der Waals surface area contributed by atoms with Gasteiger partial charge in [-0.05, 0) is 61.3 Å². The van der Waals surface area contributed by atoms with Gasteiger partial charge in [0.15, 0.2) is 6.61 Å². The molecule has 34 heavy (non-hydrogen) atoms. The highest BCUT2D eigenvalue weighted by atomic mass is 35.5. The number of carbonyl (C=O) groups excluding carboxylic acids is 3. The van der Waals surface area contributed by atoms with Crippen LogP contribution in [0.2, 0.25) is 5.02 Å². The van der Waals surface area contributed by atoms with E-state index in [1.807, 2.05) is 0 Å². The first-order valence-electron chi connectivity index (χ1n) is 11.4. The number of carbonyl (C=O) groups is 3. The fourth-order valence-electron chi connectivity index (χ4n) is 4.49. The molecule has 0 saturated heterocycles. The summed E-state index contributed by atoms with van der Waals surface area (Å²) < 4.78 is 10.8. The Hall–Kier alpha value is -2.58. The van der Waals surface area contributed by atoms with E-state index in [0.29, 0.717) is 32.9 Å². The molecule has 0 spiro atoms. The lowest BCUT2D eigenvalue weighted by atomic mass is 9.72. The largest absolute Gasteiger partial charge is 0.482 e. The van der Waals surface area contributed by atoms with Gasteiger partial charge in [0.2, 0.25) is 5.91 Å². The van der Waals surface area contributed by atoms with Crippen molar-refractivity contribution in [3.63, 3.8) is 0 Å². The molecule has 9 heteroatoms. The number of nitrogens with one attached hydrogen (secondary N) is 1. The normalized spacial score (nSPS) is 17.5. The van der Waals surface area contributed by atoms with Crippen LogP contribution in [0.5, 0.6) is 5.75 Å². The topological polar surface area (TPSA) is 84.9 Å². The monoisotopic (exact) mass is 504 g/mol. The van der Waals surface area contributed by atoms with Gasteiger partial charge >= 0.3 is 5.97 Å². The Kier molecular flexibility index (Phi) is 6.92. The minimum absolute atomic E-state index is 0.153. The van der Waals surface area contributed by atoms with E-state index < -0.39 is 11.9 Å². The van der Waals surface area contributed by atoms with Gasteiger partial charge in [0.25, 0.3) is 5.91 Å². The highest BCUT2D eigenvalue weighted by Gasteiger charge is 2.35. The van der Waals surface area contributed by atoms with Crippen LogP contribution in [0.25, 0.3) is 0 Å². The van der Waals surface area contributed by atoms with Crippen molar-refractivity contribution < 1.29 is 23.9 Å². The number of nitrogens with zero attached hydrogens (tertiary/aromatic N) is 1. The smallest absolute Gasteiger partial charge is 0.341 e. The molecule has 2 aromatic rings. The summed E-state index contributed by atoms with van der Waals surface area (Å²) in [5.74, 6) is -0.191. The molecule has 1 N–H and O–H groups in total. The highest BCUT2D eigenvalue weighted by molar-refractivity contribution is 7.17.